The summed E-state index contributed by atoms with van der Waals surface area (Å²) in [6.45, 7) is 11.4. The maximum Gasteiger partial charge on any atom is 0.410 e. The number of nitrogens with one attached hydrogen (secondary N) is 1. The second-order valence-electron chi connectivity index (χ2n) is 7.61. The van der Waals surface area contributed by atoms with E-state index in [0.717, 1.165) is 0 Å². The summed E-state index contributed by atoms with van der Waals surface area (Å²) in [5.41, 5.74) is 4.24. The fourth-order valence-corrected chi connectivity index (χ4v) is 1.70. The average molecular weight is 347 g/mol. The van der Waals surface area contributed by atoms with Crippen molar-refractivity contribution in [2.24, 2.45) is 5.73 Å². The van der Waals surface area contributed by atoms with Crippen molar-refractivity contribution >= 4 is 12.2 Å². The lowest BCUT2D eigenvalue weighted by molar-refractivity contribution is 0.0139. The molecule has 0 aliphatic heterocycles. The maximum atomic E-state index is 12.2. The van der Waals surface area contributed by atoms with Crippen molar-refractivity contribution in [2.75, 3.05) is 26.2 Å². The smallest absolute Gasteiger partial charge is 0.410 e. The number of ether oxygens (including phenoxy) is 2. The van der Waals surface area contributed by atoms with Crippen LogP contribution in [0, 0.1) is 0 Å². The van der Waals surface area contributed by atoms with Gasteiger partial charge in [-0.1, -0.05) is 0 Å². The lowest BCUT2D eigenvalue weighted by atomic mass is 10.2. The minimum Gasteiger partial charge on any atom is -0.444 e. The molecule has 0 saturated carbocycles. The van der Waals surface area contributed by atoms with Gasteiger partial charge in [0.1, 0.15) is 11.2 Å². The van der Waals surface area contributed by atoms with Crippen molar-refractivity contribution in [1.82, 2.24) is 10.2 Å². The molecule has 0 heterocycles. The van der Waals surface area contributed by atoms with Crippen molar-refractivity contribution < 1.29 is 24.2 Å². The van der Waals surface area contributed by atoms with Gasteiger partial charge in [0.25, 0.3) is 0 Å². The molecule has 1 atom stereocenters. The fraction of sp³-hybridized carbons (Fsp3) is 0.875. The molecule has 2 amide bonds. The summed E-state index contributed by atoms with van der Waals surface area (Å²) in [7, 11) is 0. The van der Waals surface area contributed by atoms with E-state index in [2.05, 4.69) is 5.32 Å². The first-order valence-electron chi connectivity index (χ1n) is 8.17. The van der Waals surface area contributed by atoms with Gasteiger partial charge in [0.2, 0.25) is 0 Å². The zero-order valence-electron chi connectivity index (χ0n) is 15.7. The van der Waals surface area contributed by atoms with E-state index in [9.17, 15) is 14.7 Å². The Bertz CT molecular complexity index is 401. The van der Waals surface area contributed by atoms with Gasteiger partial charge in [-0.25, -0.2) is 9.59 Å². The number of rotatable bonds is 7. The van der Waals surface area contributed by atoms with Crippen molar-refractivity contribution in [3.8, 4) is 0 Å². The summed E-state index contributed by atoms with van der Waals surface area (Å²) in [6, 6.07) is 0. The number of alkyl carbamates (subject to hydrolysis) is 1. The summed E-state index contributed by atoms with van der Waals surface area (Å²) in [4.78, 5) is 25.1. The Balaban J connectivity index is 4.51. The Morgan fingerprint density at radius 3 is 2.12 bits per heavy atom. The van der Waals surface area contributed by atoms with Crippen LogP contribution in [0.2, 0.25) is 0 Å². The van der Waals surface area contributed by atoms with Gasteiger partial charge in [0, 0.05) is 13.1 Å². The molecule has 0 bridgehead atoms. The molecule has 0 aromatic rings. The minimum absolute atomic E-state index is 0.0309. The van der Waals surface area contributed by atoms with Crippen LogP contribution in [0.15, 0.2) is 0 Å². The van der Waals surface area contributed by atoms with Gasteiger partial charge < -0.3 is 30.5 Å². The molecule has 0 radical (unpaired) electrons. The Hall–Kier alpha value is -1.54. The number of aliphatic hydroxyl groups is 1. The summed E-state index contributed by atoms with van der Waals surface area (Å²) < 4.78 is 10.4. The minimum atomic E-state index is -0.942. The van der Waals surface area contributed by atoms with Crippen LogP contribution in [0.3, 0.4) is 0 Å². The van der Waals surface area contributed by atoms with Gasteiger partial charge in [-0.2, -0.15) is 0 Å². The Labute approximate surface area is 144 Å². The van der Waals surface area contributed by atoms with E-state index in [4.69, 9.17) is 15.2 Å². The first-order valence-corrected chi connectivity index (χ1v) is 8.17. The molecule has 0 saturated heterocycles. The van der Waals surface area contributed by atoms with E-state index < -0.39 is 29.5 Å². The molecule has 0 fully saturated rings. The number of carbonyl (C=O) groups excluding carboxylic acids is 2. The van der Waals surface area contributed by atoms with Gasteiger partial charge in [-0.15, -0.1) is 0 Å². The summed E-state index contributed by atoms with van der Waals surface area (Å²) >= 11 is 0. The topological polar surface area (TPSA) is 114 Å². The van der Waals surface area contributed by atoms with Crippen LogP contribution in [0.4, 0.5) is 9.59 Å². The molecule has 8 heteroatoms. The molecule has 0 aromatic heterocycles. The first-order chi connectivity index (χ1) is 10.8. The zero-order valence-corrected chi connectivity index (χ0v) is 15.7. The van der Waals surface area contributed by atoms with Crippen LogP contribution in [-0.4, -0.2) is 65.7 Å². The van der Waals surface area contributed by atoms with Gasteiger partial charge in [0.15, 0.2) is 0 Å². The van der Waals surface area contributed by atoms with Gasteiger partial charge in [-0.3, -0.25) is 0 Å². The Morgan fingerprint density at radius 1 is 1.12 bits per heavy atom. The largest absolute Gasteiger partial charge is 0.444 e. The highest BCUT2D eigenvalue weighted by atomic mass is 16.6. The van der Waals surface area contributed by atoms with E-state index in [0.29, 0.717) is 19.5 Å². The standard InChI is InChI=1S/C16H33N3O5/c1-15(2,3)23-13(21)18-10-12(20)11-19(9-7-8-17)14(22)24-16(4,5)6/h12,20H,7-11,17H2,1-6H3,(H,18,21)/t12-/m0/s1. The molecular formula is C16H33N3O5. The highest BCUT2D eigenvalue weighted by Crippen LogP contribution is 2.11. The molecule has 8 nitrogen and oxygen atoms in total. The summed E-state index contributed by atoms with van der Waals surface area (Å²) in [5.74, 6) is 0. The van der Waals surface area contributed by atoms with Crippen LogP contribution >= 0.6 is 0 Å². The molecule has 4 N–H and O–H groups in total. The number of nitrogens with zero attached hydrogens (tertiary/aromatic N) is 1. The molecule has 0 aromatic carbocycles. The van der Waals surface area contributed by atoms with Crippen LogP contribution in [0.25, 0.3) is 0 Å². The number of hydrogen-bond donors (Lipinski definition) is 3. The number of aliphatic hydroxyl groups excluding tert-OH is 1. The third-order valence-electron chi connectivity index (χ3n) is 2.60. The molecule has 0 rings (SSSR count). The van der Waals surface area contributed by atoms with Crippen LogP contribution in [0.1, 0.15) is 48.0 Å². The summed E-state index contributed by atoms with van der Waals surface area (Å²) in [6.07, 6.45) is -1.49. The van der Waals surface area contributed by atoms with Crippen LogP contribution in [0.5, 0.6) is 0 Å². The van der Waals surface area contributed by atoms with E-state index in [-0.39, 0.29) is 13.1 Å². The highest BCUT2D eigenvalue weighted by Gasteiger charge is 2.24. The van der Waals surface area contributed by atoms with Crippen molar-refractivity contribution in [3.63, 3.8) is 0 Å². The molecule has 24 heavy (non-hydrogen) atoms. The predicted molar refractivity (Wildman–Crippen MR) is 91.7 cm³/mol. The second kappa shape index (κ2) is 9.68. The van der Waals surface area contributed by atoms with Crippen LogP contribution < -0.4 is 11.1 Å². The van der Waals surface area contributed by atoms with Crippen molar-refractivity contribution in [1.29, 1.82) is 0 Å². The number of hydrogen-bond acceptors (Lipinski definition) is 6. The van der Waals surface area contributed by atoms with Crippen LogP contribution in [-0.2, 0) is 9.47 Å². The number of carbonyl (C=O) groups is 2. The highest BCUT2D eigenvalue weighted by molar-refractivity contribution is 5.68. The molecule has 0 unspecified atom stereocenters. The van der Waals surface area contributed by atoms with Gasteiger partial charge in [0.05, 0.1) is 12.6 Å². The third-order valence-corrected chi connectivity index (χ3v) is 2.60. The molecule has 0 aliphatic rings. The first kappa shape index (κ1) is 22.5. The quantitative estimate of drug-likeness (QED) is 0.642. The Morgan fingerprint density at radius 2 is 1.67 bits per heavy atom. The second-order valence-corrected chi connectivity index (χ2v) is 7.61. The van der Waals surface area contributed by atoms with E-state index >= 15 is 0 Å². The molecular weight excluding hydrogens is 314 g/mol. The summed E-state index contributed by atoms with van der Waals surface area (Å²) in [5, 5.41) is 12.5. The van der Waals surface area contributed by atoms with E-state index in [1.807, 2.05) is 0 Å². The fourth-order valence-electron chi connectivity index (χ4n) is 1.70. The predicted octanol–water partition coefficient (Wildman–Crippen LogP) is 1.46. The normalized spacial score (nSPS) is 13.2. The Kier molecular flexibility index (Phi) is 9.06. The lowest BCUT2D eigenvalue weighted by Crippen LogP contribution is -2.45. The lowest BCUT2D eigenvalue weighted by Gasteiger charge is -2.29. The maximum absolute atomic E-state index is 12.2. The third kappa shape index (κ3) is 12.0. The molecule has 142 valence electrons. The molecule has 0 spiro atoms. The van der Waals surface area contributed by atoms with Gasteiger partial charge >= 0.3 is 12.2 Å². The van der Waals surface area contributed by atoms with E-state index in [1.54, 1.807) is 41.5 Å². The van der Waals surface area contributed by atoms with E-state index in [1.165, 1.54) is 4.90 Å². The monoisotopic (exact) mass is 347 g/mol. The average Bonchev–Trinajstić information content (AvgIpc) is 2.37. The van der Waals surface area contributed by atoms with Crippen molar-refractivity contribution in [3.05, 3.63) is 0 Å². The molecule has 0 aliphatic carbocycles. The zero-order chi connectivity index (χ0) is 19.0. The number of amides is 2. The van der Waals surface area contributed by atoms with Crippen molar-refractivity contribution in [2.45, 2.75) is 65.3 Å². The SMILES string of the molecule is CC(C)(C)OC(=O)NC[C@H](O)CN(CCCN)C(=O)OC(C)(C)C. The number of nitrogens with two attached hydrogens (primary N) is 1. The van der Waals surface area contributed by atoms with Gasteiger partial charge in [-0.05, 0) is 54.5 Å².